The fraction of sp³-hybridized carbons (Fsp3) is 0.538. The van der Waals surface area contributed by atoms with Crippen molar-refractivity contribution in [1.29, 1.82) is 0 Å². The zero-order valence-corrected chi connectivity index (χ0v) is 13.7. The Balaban J connectivity index is 2.19. The first-order chi connectivity index (χ1) is 9.66. The minimum atomic E-state index is -3.72. The molecule has 0 bridgehead atoms. The van der Waals surface area contributed by atoms with E-state index in [4.69, 9.17) is 0 Å². The van der Waals surface area contributed by atoms with Crippen molar-refractivity contribution in [3.8, 4) is 0 Å². The molecular formula is C13H20N2O4S2. The molecule has 1 aromatic carbocycles. The highest BCUT2D eigenvalue weighted by atomic mass is 32.2. The molecule has 1 aliphatic heterocycles. The molecule has 0 amide bonds. The van der Waals surface area contributed by atoms with E-state index < -0.39 is 25.4 Å². The molecule has 1 heterocycles. The summed E-state index contributed by atoms with van der Waals surface area (Å²) >= 11 is 0. The van der Waals surface area contributed by atoms with E-state index in [9.17, 15) is 16.8 Å². The van der Waals surface area contributed by atoms with Gasteiger partial charge >= 0.3 is 0 Å². The van der Waals surface area contributed by atoms with E-state index in [0.717, 1.165) is 5.56 Å². The van der Waals surface area contributed by atoms with E-state index in [0.29, 0.717) is 13.0 Å². The van der Waals surface area contributed by atoms with E-state index in [1.54, 1.807) is 19.1 Å². The summed E-state index contributed by atoms with van der Waals surface area (Å²) in [5.74, 6) is -0.135. The van der Waals surface area contributed by atoms with Gasteiger partial charge in [0, 0.05) is 12.1 Å². The van der Waals surface area contributed by atoms with Gasteiger partial charge in [-0.25, -0.2) is 21.6 Å². The van der Waals surface area contributed by atoms with Crippen LogP contribution in [0.1, 0.15) is 18.9 Å². The van der Waals surface area contributed by atoms with Crippen LogP contribution in [0.2, 0.25) is 0 Å². The molecule has 0 aromatic heterocycles. The largest absolute Gasteiger partial charge is 0.316 e. The highest BCUT2D eigenvalue weighted by molar-refractivity contribution is 7.92. The molecule has 1 fully saturated rings. The SMILES string of the molecule is CNCc1ccc(S(=O)(=O)NC2(C)CCS(=O)(=O)C2)cc1. The van der Waals surface area contributed by atoms with E-state index in [1.807, 2.05) is 7.05 Å². The maximum Gasteiger partial charge on any atom is 0.241 e. The first-order valence-corrected chi connectivity index (χ1v) is 9.94. The van der Waals surface area contributed by atoms with Gasteiger partial charge in [0.05, 0.1) is 16.4 Å². The molecule has 0 spiro atoms. The van der Waals surface area contributed by atoms with Crippen LogP contribution in [-0.2, 0) is 26.4 Å². The Morgan fingerprint density at radius 3 is 2.33 bits per heavy atom. The third-order valence-corrected chi connectivity index (χ3v) is 7.06. The van der Waals surface area contributed by atoms with E-state index >= 15 is 0 Å². The lowest BCUT2D eigenvalue weighted by molar-refractivity contribution is 0.462. The van der Waals surface area contributed by atoms with Crippen molar-refractivity contribution in [1.82, 2.24) is 10.0 Å². The molecule has 8 heteroatoms. The van der Waals surface area contributed by atoms with Crippen LogP contribution in [0.3, 0.4) is 0 Å². The van der Waals surface area contributed by atoms with Crippen LogP contribution in [0.5, 0.6) is 0 Å². The fourth-order valence-corrected chi connectivity index (χ4v) is 6.08. The van der Waals surface area contributed by atoms with Crippen LogP contribution >= 0.6 is 0 Å². The maximum absolute atomic E-state index is 12.4. The quantitative estimate of drug-likeness (QED) is 0.807. The molecule has 1 aromatic rings. The molecular weight excluding hydrogens is 312 g/mol. The second-order valence-corrected chi connectivity index (χ2v) is 9.55. The van der Waals surface area contributed by atoms with Crippen molar-refractivity contribution in [2.24, 2.45) is 0 Å². The molecule has 2 N–H and O–H groups in total. The smallest absolute Gasteiger partial charge is 0.241 e. The average molecular weight is 332 g/mol. The lowest BCUT2D eigenvalue weighted by Gasteiger charge is -2.23. The first-order valence-electron chi connectivity index (χ1n) is 6.64. The Morgan fingerprint density at radius 2 is 1.86 bits per heavy atom. The summed E-state index contributed by atoms with van der Waals surface area (Å²) in [6.45, 7) is 2.29. The summed E-state index contributed by atoms with van der Waals surface area (Å²) in [6, 6.07) is 6.53. The number of nitrogens with one attached hydrogen (secondary N) is 2. The summed E-state index contributed by atoms with van der Waals surface area (Å²) in [5, 5.41) is 2.98. The van der Waals surface area contributed by atoms with Gasteiger partial charge in [0.1, 0.15) is 0 Å². The summed E-state index contributed by atoms with van der Waals surface area (Å²) in [6.07, 6.45) is 0.298. The number of hydrogen-bond acceptors (Lipinski definition) is 5. The maximum atomic E-state index is 12.4. The zero-order chi connectivity index (χ0) is 15.7. The van der Waals surface area contributed by atoms with Crippen molar-refractivity contribution in [3.63, 3.8) is 0 Å². The third kappa shape index (κ3) is 4.03. The van der Waals surface area contributed by atoms with Crippen molar-refractivity contribution in [2.75, 3.05) is 18.6 Å². The van der Waals surface area contributed by atoms with Crippen molar-refractivity contribution in [3.05, 3.63) is 29.8 Å². The monoisotopic (exact) mass is 332 g/mol. The summed E-state index contributed by atoms with van der Waals surface area (Å²) < 4.78 is 50.3. The van der Waals surface area contributed by atoms with Gasteiger partial charge in [-0.15, -0.1) is 0 Å². The summed E-state index contributed by atoms with van der Waals surface area (Å²) in [5.41, 5.74) is 0.0486. The predicted molar refractivity (Wildman–Crippen MR) is 81.2 cm³/mol. The fourth-order valence-electron chi connectivity index (χ4n) is 2.46. The molecule has 0 aliphatic carbocycles. The average Bonchev–Trinajstić information content (AvgIpc) is 2.63. The number of benzene rings is 1. The van der Waals surface area contributed by atoms with Gasteiger partial charge in [-0.1, -0.05) is 12.1 Å². The van der Waals surface area contributed by atoms with Crippen LogP contribution in [0.4, 0.5) is 0 Å². The number of sulfonamides is 1. The van der Waals surface area contributed by atoms with Crippen LogP contribution in [0, 0.1) is 0 Å². The Morgan fingerprint density at radius 1 is 1.24 bits per heavy atom. The van der Waals surface area contributed by atoms with Gasteiger partial charge in [-0.3, -0.25) is 0 Å². The van der Waals surface area contributed by atoms with Gasteiger partial charge in [-0.2, -0.15) is 0 Å². The summed E-state index contributed by atoms with van der Waals surface area (Å²) in [4.78, 5) is 0.146. The molecule has 1 unspecified atom stereocenters. The molecule has 1 saturated heterocycles. The molecule has 118 valence electrons. The van der Waals surface area contributed by atoms with Crippen LogP contribution in [0.15, 0.2) is 29.2 Å². The molecule has 21 heavy (non-hydrogen) atoms. The standard InChI is InChI=1S/C13H20N2O4S2/c1-13(7-8-20(16,17)10-13)15-21(18,19)12-5-3-11(4-6-12)9-14-2/h3-6,14-15H,7-10H2,1-2H3. The molecule has 1 aliphatic rings. The Hall–Kier alpha value is -0.960. The van der Waals surface area contributed by atoms with Gasteiger partial charge in [0.25, 0.3) is 0 Å². The van der Waals surface area contributed by atoms with Crippen molar-refractivity contribution >= 4 is 19.9 Å². The number of hydrogen-bond donors (Lipinski definition) is 2. The second kappa shape index (κ2) is 5.68. The van der Waals surface area contributed by atoms with Gasteiger partial charge in [0.15, 0.2) is 9.84 Å². The van der Waals surface area contributed by atoms with Crippen LogP contribution in [-0.4, -0.2) is 40.9 Å². The highest BCUT2D eigenvalue weighted by Gasteiger charge is 2.41. The minimum Gasteiger partial charge on any atom is -0.316 e. The number of rotatable bonds is 5. The molecule has 0 radical (unpaired) electrons. The van der Waals surface area contributed by atoms with Crippen LogP contribution in [0.25, 0.3) is 0 Å². The lowest BCUT2D eigenvalue weighted by atomic mass is 10.0. The Bertz CT molecular complexity index is 711. The van der Waals surface area contributed by atoms with E-state index in [-0.39, 0.29) is 16.4 Å². The molecule has 2 rings (SSSR count). The normalized spacial score (nSPS) is 25.0. The lowest BCUT2D eigenvalue weighted by Crippen LogP contribution is -2.46. The Labute approximate surface area is 125 Å². The zero-order valence-electron chi connectivity index (χ0n) is 12.1. The van der Waals surface area contributed by atoms with Gasteiger partial charge in [-0.05, 0) is 38.1 Å². The topological polar surface area (TPSA) is 92.3 Å². The van der Waals surface area contributed by atoms with E-state index in [1.165, 1.54) is 12.1 Å². The van der Waals surface area contributed by atoms with E-state index in [2.05, 4.69) is 10.0 Å². The Kier molecular flexibility index (Phi) is 4.44. The molecule has 6 nitrogen and oxygen atoms in total. The highest BCUT2D eigenvalue weighted by Crippen LogP contribution is 2.25. The van der Waals surface area contributed by atoms with Crippen LogP contribution < -0.4 is 10.0 Å². The molecule has 1 atom stereocenters. The third-order valence-electron chi connectivity index (χ3n) is 3.50. The predicted octanol–water partition coefficient (Wildman–Crippen LogP) is 0.262. The minimum absolute atomic E-state index is 0.0210. The van der Waals surface area contributed by atoms with Crippen molar-refractivity contribution in [2.45, 2.75) is 30.3 Å². The molecule has 0 saturated carbocycles. The first kappa shape index (κ1) is 16.4. The summed E-state index contributed by atoms with van der Waals surface area (Å²) in [7, 11) is -5.06. The van der Waals surface area contributed by atoms with Crippen molar-refractivity contribution < 1.29 is 16.8 Å². The number of sulfone groups is 1. The van der Waals surface area contributed by atoms with Gasteiger partial charge in [0.2, 0.25) is 10.0 Å². The van der Waals surface area contributed by atoms with Gasteiger partial charge < -0.3 is 5.32 Å². The second-order valence-electron chi connectivity index (χ2n) is 5.68.